The van der Waals surface area contributed by atoms with Crippen molar-refractivity contribution in [3.05, 3.63) is 150 Å². The van der Waals surface area contributed by atoms with E-state index in [1.807, 2.05) is 36.7 Å². The number of rotatable bonds is 6. The topological polar surface area (TPSA) is 57.8 Å². The Morgan fingerprint density at radius 2 is 1.32 bits per heavy atom. The van der Waals surface area contributed by atoms with Crippen molar-refractivity contribution in [2.75, 3.05) is 0 Å². The number of benzene rings is 5. The van der Waals surface area contributed by atoms with Gasteiger partial charge in [0.15, 0.2) is 0 Å². The number of nitrogens with zero attached hydrogens (tertiary/aromatic N) is 5. The van der Waals surface area contributed by atoms with Crippen molar-refractivity contribution in [2.45, 2.75) is 78.6 Å². The molecule has 3 heterocycles. The molecule has 8 aromatic rings. The first-order valence-corrected chi connectivity index (χ1v) is 18.9. The largest absolute Gasteiger partial charge is 2.00 e. The first kappa shape index (κ1) is 38.9. The van der Waals surface area contributed by atoms with Gasteiger partial charge in [-0.2, -0.15) is 12.1 Å². The van der Waals surface area contributed by atoms with Gasteiger partial charge in [0.25, 0.3) is 0 Å². The van der Waals surface area contributed by atoms with Crippen LogP contribution in [0.15, 0.2) is 122 Å². The molecule has 0 aliphatic heterocycles. The Balaban J connectivity index is 0.00000480. The zero-order valence-electron chi connectivity index (χ0n) is 33.5. The van der Waals surface area contributed by atoms with Crippen molar-refractivity contribution >= 4 is 21.8 Å². The number of aromatic nitrogens is 5. The molecule has 5 aromatic carbocycles. The first-order chi connectivity index (χ1) is 26.1. The second-order valence-corrected chi connectivity index (χ2v) is 17.5. The predicted molar refractivity (Wildman–Crippen MR) is 225 cm³/mol. The van der Waals surface area contributed by atoms with Crippen LogP contribution < -0.4 is 4.74 Å². The van der Waals surface area contributed by atoms with Gasteiger partial charge in [0.05, 0.1) is 6.20 Å². The van der Waals surface area contributed by atoms with Gasteiger partial charge in [-0.1, -0.05) is 134 Å². The van der Waals surface area contributed by atoms with Crippen LogP contribution in [0.25, 0.3) is 55.7 Å². The summed E-state index contributed by atoms with van der Waals surface area (Å²) in [4.78, 5) is 4.93. The fourth-order valence-electron chi connectivity index (χ4n) is 7.17. The molecule has 0 aliphatic carbocycles. The summed E-state index contributed by atoms with van der Waals surface area (Å²) in [5.41, 5.74) is 10.8. The van der Waals surface area contributed by atoms with E-state index < -0.39 is 0 Å². The Kier molecular flexibility index (Phi) is 10.2. The zero-order chi connectivity index (χ0) is 38.7. The van der Waals surface area contributed by atoms with Gasteiger partial charge in [-0.25, -0.2) is 9.67 Å². The Bertz CT molecular complexity index is 2680. The van der Waals surface area contributed by atoms with E-state index in [4.69, 9.17) is 9.72 Å². The van der Waals surface area contributed by atoms with E-state index in [1.54, 1.807) is 4.68 Å². The van der Waals surface area contributed by atoms with Crippen LogP contribution in [0.5, 0.6) is 11.5 Å². The fourth-order valence-corrected chi connectivity index (χ4v) is 7.17. The fraction of sp³-hybridized carbons (Fsp3) is 0.245. The molecule has 56 heavy (non-hydrogen) atoms. The summed E-state index contributed by atoms with van der Waals surface area (Å²) in [5.74, 6) is 1.95. The minimum absolute atomic E-state index is 0. The second-order valence-electron chi connectivity index (χ2n) is 17.5. The molecule has 0 aliphatic rings. The van der Waals surface area contributed by atoms with Gasteiger partial charge in [-0.05, 0) is 73.3 Å². The van der Waals surface area contributed by atoms with E-state index in [1.165, 1.54) is 22.3 Å². The van der Waals surface area contributed by atoms with Crippen LogP contribution in [0.4, 0.5) is 0 Å². The molecule has 3 aromatic heterocycles. The molecule has 0 unspecified atom stereocenters. The monoisotopic (exact) mass is 916 g/mol. The van der Waals surface area contributed by atoms with E-state index in [9.17, 15) is 0 Å². The number of hydrogen-bond donors (Lipinski definition) is 0. The van der Waals surface area contributed by atoms with Crippen LogP contribution in [-0.4, -0.2) is 24.5 Å². The van der Waals surface area contributed by atoms with Crippen LogP contribution >= 0.6 is 0 Å². The standard InChI is InChI=1S/C49H47N5O.Pt/c1-47(2,3)34-19-17-32(18-20-34)43-31-53(52-51-43)36-13-12-14-37(29-36)55-38-22-24-41-40-15-10-11-16-44(40)54(45(41)30-38)46-27-33(25-26-50-46)39-23-21-35(48(4,5)6)28-42(39)49(7,8)9;/h10-28,31H,1-9H3;/q-2;+2. The molecule has 0 radical (unpaired) electrons. The van der Waals surface area contributed by atoms with Gasteiger partial charge in [0.2, 0.25) is 0 Å². The van der Waals surface area contributed by atoms with Crippen molar-refractivity contribution < 1.29 is 25.8 Å². The smallest absolute Gasteiger partial charge is 0.509 e. The van der Waals surface area contributed by atoms with E-state index >= 15 is 0 Å². The van der Waals surface area contributed by atoms with Crippen molar-refractivity contribution in [1.29, 1.82) is 0 Å². The van der Waals surface area contributed by atoms with Gasteiger partial charge < -0.3 is 9.30 Å². The maximum atomic E-state index is 6.45. The average molecular weight is 917 g/mol. The zero-order valence-corrected chi connectivity index (χ0v) is 35.8. The molecule has 0 amide bonds. The quantitative estimate of drug-likeness (QED) is 0.156. The molecule has 0 spiro atoms. The minimum Gasteiger partial charge on any atom is -0.509 e. The van der Waals surface area contributed by atoms with Gasteiger partial charge in [0.1, 0.15) is 11.5 Å². The molecular weight excluding hydrogens is 870 g/mol. The van der Waals surface area contributed by atoms with Crippen LogP contribution in [0.3, 0.4) is 0 Å². The molecule has 8 rings (SSSR count). The summed E-state index contributed by atoms with van der Waals surface area (Å²) in [5, 5.41) is 11.1. The Morgan fingerprint density at radius 3 is 2.05 bits per heavy atom. The minimum atomic E-state index is -0.0458. The summed E-state index contributed by atoms with van der Waals surface area (Å²) in [6.45, 7) is 20.3. The molecule has 284 valence electrons. The van der Waals surface area contributed by atoms with Crippen molar-refractivity contribution in [2.24, 2.45) is 0 Å². The maximum absolute atomic E-state index is 6.45. The Hall–Kier alpha value is -5.32. The SMILES string of the molecule is CC(C)(C)c1ccc(-c2cn(-c3[c-]c(Oc4[c-]c5c(cc4)c4ccccc4n5-c4cc(-c5ccc(C(C)(C)C)cc5C(C)(C)C)ccn4)ccc3)nn2)cc1.[Pt+2]. The van der Waals surface area contributed by atoms with Gasteiger partial charge >= 0.3 is 21.1 Å². The number of pyridine rings is 1. The van der Waals surface area contributed by atoms with Crippen molar-refractivity contribution in [1.82, 2.24) is 24.5 Å². The molecule has 0 atom stereocenters. The van der Waals surface area contributed by atoms with Crippen molar-refractivity contribution in [3.8, 4) is 45.4 Å². The third kappa shape index (κ3) is 7.60. The molecule has 0 saturated carbocycles. The third-order valence-electron chi connectivity index (χ3n) is 10.3. The molecule has 0 saturated heterocycles. The summed E-state index contributed by atoms with van der Waals surface area (Å²) >= 11 is 0. The molecule has 0 bridgehead atoms. The van der Waals surface area contributed by atoms with E-state index in [2.05, 4.69) is 174 Å². The van der Waals surface area contributed by atoms with Crippen LogP contribution in [0.2, 0.25) is 0 Å². The molecule has 0 N–H and O–H groups in total. The van der Waals surface area contributed by atoms with Gasteiger partial charge in [0, 0.05) is 28.8 Å². The number of para-hydroxylation sites is 1. The van der Waals surface area contributed by atoms with Crippen LogP contribution in [-0.2, 0) is 37.3 Å². The Labute approximate surface area is 344 Å². The average Bonchev–Trinajstić information content (AvgIpc) is 3.77. The molecule has 7 heteroatoms. The van der Waals surface area contributed by atoms with E-state index in [0.29, 0.717) is 11.5 Å². The third-order valence-corrected chi connectivity index (χ3v) is 10.3. The maximum Gasteiger partial charge on any atom is 2.00 e. The summed E-state index contributed by atoms with van der Waals surface area (Å²) in [6, 6.07) is 45.0. The van der Waals surface area contributed by atoms with Crippen LogP contribution in [0, 0.1) is 12.1 Å². The number of fused-ring (bicyclic) bond motifs is 3. The summed E-state index contributed by atoms with van der Waals surface area (Å²) in [7, 11) is 0. The van der Waals surface area contributed by atoms with Gasteiger partial charge in [-0.3, -0.25) is 0 Å². The molecular formula is C49H47N5OPt. The van der Waals surface area contributed by atoms with Crippen molar-refractivity contribution in [3.63, 3.8) is 0 Å². The summed E-state index contributed by atoms with van der Waals surface area (Å²) < 4.78 is 10.4. The van der Waals surface area contributed by atoms with E-state index in [0.717, 1.165) is 50.1 Å². The van der Waals surface area contributed by atoms with Gasteiger partial charge in [-0.15, -0.1) is 40.8 Å². The number of ether oxygens (including phenoxy) is 1. The summed E-state index contributed by atoms with van der Waals surface area (Å²) in [6.07, 6.45) is 3.83. The van der Waals surface area contributed by atoms with E-state index in [-0.39, 0.29) is 37.3 Å². The molecule has 6 nitrogen and oxygen atoms in total. The normalized spacial score (nSPS) is 12.2. The Morgan fingerprint density at radius 1 is 0.607 bits per heavy atom. The second kappa shape index (κ2) is 14.6. The molecule has 0 fully saturated rings. The first-order valence-electron chi connectivity index (χ1n) is 18.9. The predicted octanol–water partition coefficient (Wildman–Crippen LogP) is 12.4. The number of hydrogen-bond acceptors (Lipinski definition) is 4. The van der Waals surface area contributed by atoms with Crippen LogP contribution in [0.1, 0.15) is 79.0 Å².